The number of nitrogens with one attached hydrogen (secondary N) is 1. The van der Waals surface area contributed by atoms with E-state index < -0.39 is 0 Å². The van der Waals surface area contributed by atoms with Crippen molar-refractivity contribution in [3.8, 4) is 23.5 Å². The highest BCUT2D eigenvalue weighted by atomic mass is 15.5. The summed E-state index contributed by atoms with van der Waals surface area (Å²) in [6.45, 7) is 3.64. The molecule has 0 aliphatic carbocycles. The molecule has 2 heterocycles. The smallest absolute Gasteiger partial charge is 0.222 e. The predicted molar refractivity (Wildman–Crippen MR) is 45.5 cm³/mol. The van der Waals surface area contributed by atoms with Crippen LogP contribution in [0.1, 0.15) is 13.8 Å². The number of imidazole rings is 1. The Morgan fingerprint density at radius 1 is 1.23 bits per heavy atom. The quantitative estimate of drug-likeness (QED) is 0.577. The summed E-state index contributed by atoms with van der Waals surface area (Å²) in [6, 6.07) is 0. The fraction of sp³-hybridized carbons (Fsp3) is 0.286. The molecule has 0 saturated heterocycles. The van der Waals surface area contributed by atoms with E-state index in [1.807, 2.05) is 13.8 Å². The molecule has 0 atom stereocenters. The van der Waals surface area contributed by atoms with Gasteiger partial charge in [-0.05, 0) is 24.3 Å². The van der Waals surface area contributed by atoms with E-state index in [4.69, 9.17) is 0 Å². The highest BCUT2D eigenvalue weighted by molar-refractivity contribution is 5.40. The summed E-state index contributed by atoms with van der Waals surface area (Å²) in [5.74, 6) is 6.41. The summed E-state index contributed by atoms with van der Waals surface area (Å²) in [4.78, 5) is 7.55. The summed E-state index contributed by atoms with van der Waals surface area (Å²) in [7, 11) is 0. The number of aromatic amines is 1. The van der Waals surface area contributed by atoms with Crippen molar-refractivity contribution in [2.24, 2.45) is 0 Å². The third-order valence-electron chi connectivity index (χ3n) is 1.17. The van der Waals surface area contributed by atoms with Crippen molar-refractivity contribution in [3.63, 3.8) is 0 Å². The zero-order chi connectivity index (χ0) is 9.52. The van der Waals surface area contributed by atoms with Crippen LogP contribution >= 0.6 is 0 Å². The molecule has 1 N–H and O–H groups in total. The average molecular weight is 176 g/mol. The molecule has 0 spiro atoms. The molecule has 2 aliphatic rings. The van der Waals surface area contributed by atoms with Crippen LogP contribution in [0.25, 0.3) is 11.6 Å². The van der Waals surface area contributed by atoms with Crippen LogP contribution in [0.2, 0.25) is 0 Å². The van der Waals surface area contributed by atoms with Crippen molar-refractivity contribution in [1.29, 1.82) is 0 Å². The number of hydrogen-bond donors (Lipinski definition) is 1. The molecule has 0 unspecified atom stereocenters. The second-order valence-corrected chi connectivity index (χ2v) is 1.95. The van der Waals surface area contributed by atoms with Crippen molar-refractivity contribution in [1.82, 2.24) is 30.6 Å². The SMILES string of the molecule is CC#CC.c1nc2nnn[nH]c-2n1. The Kier molecular flexibility index (Phi) is 3.32. The van der Waals surface area contributed by atoms with Crippen LogP contribution in [0, 0.1) is 11.8 Å². The Hall–Kier alpha value is -2.03. The van der Waals surface area contributed by atoms with E-state index in [0.29, 0.717) is 11.6 Å². The van der Waals surface area contributed by atoms with Crippen LogP contribution in [0.3, 0.4) is 0 Å². The first-order chi connectivity index (χ1) is 6.38. The van der Waals surface area contributed by atoms with E-state index in [0.717, 1.165) is 0 Å². The minimum absolute atomic E-state index is 0.491. The third-order valence-corrected chi connectivity index (χ3v) is 1.17. The van der Waals surface area contributed by atoms with Gasteiger partial charge in [-0.25, -0.2) is 15.1 Å². The lowest BCUT2D eigenvalue weighted by molar-refractivity contribution is 0.754. The second-order valence-electron chi connectivity index (χ2n) is 1.95. The highest BCUT2D eigenvalue weighted by Crippen LogP contribution is 2.03. The van der Waals surface area contributed by atoms with Crippen molar-refractivity contribution in [3.05, 3.63) is 6.33 Å². The summed E-state index contributed by atoms with van der Waals surface area (Å²) >= 11 is 0. The molecule has 0 radical (unpaired) electrons. The van der Waals surface area contributed by atoms with E-state index in [1.54, 1.807) is 0 Å². The van der Waals surface area contributed by atoms with Crippen molar-refractivity contribution < 1.29 is 0 Å². The van der Waals surface area contributed by atoms with Crippen LogP contribution in [0.15, 0.2) is 6.33 Å². The van der Waals surface area contributed by atoms with Gasteiger partial charge < -0.3 is 0 Å². The minimum atomic E-state index is 0.491. The van der Waals surface area contributed by atoms with E-state index in [9.17, 15) is 0 Å². The fourth-order valence-corrected chi connectivity index (χ4v) is 0.547. The average Bonchev–Trinajstić information content (AvgIpc) is 2.66. The topological polar surface area (TPSA) is 80.2 Å². The Bertz CT molecular complexity index is 350. The molecule has 6 heteroatoms. The Morgan fingerprint density at radius 3 is 2.62 bits per heavy atom. The summed E-state index contributed by atoms with van der Waals surface area (Å²) in [5.41, 5.74) is 0. The fourth-order valence-electron chi connectivity index (χ4n) is 0.547. The van der Waals surface area contributed by atoms with Gasteiger partial charge in [0.15, 0.2) is 5.82 Å². The first kappa shape index (κ1) is 9.06. The molecule has 0 aromatic carbocycles. The lowest BCUT2D eigenvalue weighted by Crippen LogP contribution is -1.95. The monoisotopic (exact) mass is 176 g/mol. The Balaban J connectivity index is 0.000000184. The molecule has 0 amide bonds. The Labute approximate surface area is 75.1 Å². The standard InChI is InChI=1S/C4H6.C3H2N6/c1-3-4-2;1-4-2-3(5-1)7-9-8-6-2/h1-2H3;1H,(H,4,5,6,7,8,9). The summed E-state index contributed by atoms with van der Waals surface area (Å²) in [5, 5.41) is 12.8. The molecule has 13 heavy (non-hydrogen) atoms. The van der Waals surface area contributed by atoms with Crippen LogP contribution in [0.5, 0.6) is 0 Å². The number of fused-ring (bicyclic) bond motifs is 1. The maximum absolute atomic E-state index is 3.79. The molecule has 0 aromatic rings. The van der Waals surface area contributed by atoms with Gasteiger partial charge in [-0.3, -0.25) is 0 Å². The van der Waals surface area contributed by atoms with Gasteiger partial charge in [0.05, 0.1) is 0 Å². The van der Waals surface area contributed by atoms with Gasteiger partial charge in [0.2, 0.25) is 5.82 Å². The molecule has 66 valence electrons. The zero-order valence-electron chi connectivity index (χ0n) is 7.31. The minimum Gasteiger partial charge on any atom is -0.238 e. The molecular weight excluding hydrogens is 168 g/mol. The highest BCUT2D eigenvalue weighted by Gasteiger charge is 2.04. The number of rotatable bonds is 0. The van der Waals surface area contributed by atoms with E-state index in [1.165, 1.54) is 6.33 Å². The first-order valence-corrected chi connectivity index (χ1v) is 3.56. The van der Waals surface area contributed by atoms with E-state index in [-0.39, 0.29) is 0 Å². The molecular formula is C7H8N6. The van der Waals surface area contributed by atoms with Crippen LogP contribution < -0.4 is 0 Å². The van der Waals surface area contributed by atoms with Crippen molar-refractivity contribution in [2.45, 2.75) is 13.8 Å². The van der Waals surface area contributed by atoms with Gasteiger partial charge in [0.25, 0.3) is 0 Å². The molecule has 0 aromatic heterocycles. The molecule has 6 nitrogen and oxygen atoms in total. The molecule has 2 aliphatic heterocycles. The lowest BCUT2D eigenvalue weighted by Gasteiger charge is -1.85. The maximum Gasteiger partial charge on any atom is 0.222 e. The van der Waals surface area contributed by atoms with Crippen LogP contribution in [-0.4, -0.2) is 30.6 Å². The van der Waals surface area contributed by atoms with Crippen LogP contribution in [-0.2, 0) is 0 Å². The van der Waals surface area contributed by atoms with Crippen LogP contribution in [0.4, 0.5) is 0 Å². The molecule has 0 saturated carbocycles. The lowest BCUT2D eigenvalue weighted by atomic mass is 10.6. The van der Waals surface area contributed by atoms with Gasteiger partial charge in [0, 0.05) is 0 Å². The normalized spacial score (nSPS) is 8.15. The summed E-state index contributed by atoms with van der Waals surface area (Å²) < 4.78 is 0. The molecule has 2 rings (SSSR count). The summed E-state index contributed by atoms with van der Waals surface area (Å²) in [6.07, 6.45) is 1.40. The largest absolute Gasteiger partial charge is 0.238 e. The zero-order valence-corrected chi connectivity index (χ0v) is 7.31. The van der Waals surface area contributed by atoms with Gasteiger partial charge in [-0.1, -0.05) is 0 Å². The second kappa shape index (κ2) is 4.77. The van der Waals surface area contributed by atoms with E-state index in [2.05, 4.69) is 42.4 Å². The van der Waals surface area contributed by atoms with Gasteiger partial charge in [-0.2, -0.15) is 0 Å². The number of aromatic nitrogens is 6. The van der Waals surface area contributed by atoms with Gasteiger partial charge in [-0.15, -0.1) is 16.9 Å². The molecule has 0 fully saturated rings. The van der Waals surface area contributed by atoms with Gasteiger partial charge >= 0.3 is 0 Å². The number of hydrogen-bond acceptors (Lipinski definition) is 5. The Morgan fingerprint density at radius 2 is 2.00 bits per heavy atom. The predicted octanol–water partition coefficient (Wildman–Crippen LogP) is 0.124. The number of H-pyrrole nitrogens is 1. The van der Waals surface area contributed by atoms with Crippen molar-refractivity contribution in [2.75, 3.05) is 0 Å². The van der Waals surface area contributed by atoms with Gasteiger partial charge in [0.1, 0.15) is 6.33 Å². The van der Waals surface area contributed by atoms with Crippen molar-refractivity contribution >= 4 is 0 Å². The first-order valence-electron chi connectivity index (χ1n) is 3.56. The number of nitrogens with zero attached hydrogens (tertiary/aromatic N) is 5. The maximum atomic E-state index is 3.79. The van der Waals surface area contributed by atoms with E-state index >= 15 is 0 Å². The molecule has 0 bridgehead atoms. The third kappa shape index (κ3) is 2.48.